The summed E-state index contributed by atoms with van der Waals surface area (Å²) in [6, 6.07) is 0. The van der Waals surface area contributed by atoms with Crippen LogP contribution in [-0.2, 0) is 14.3 Å². The van der Waals surface area contributed by atoms with Crippen LogP contribution >= 0.6 is 0 Å². The van der Waals surface area contributed by atoms with Crippen molar-refractivity contribution in [1.82, 2.24) is 10.2 Å². The number of unbranched alkanes of at least 4 members (excludes halogenated alkanes) is 1. The average molecular weight is 268 g/mol. The molecule has 1 atom stereocenters. The highest BCUT2D eigenvalue weighted by atomic mass is 16.7. The van der Waals surface area contributed by atoms with Gasteiger partial charge in [0.25, 0.3) is 5.91 Å². The molecule has 6 heteroatoms. The number of hydrogen-bond donors (Lipinski definition) is 1. The van der Waals surface area contributed by atoms with Crippen molar-refractivity contribution in [3.63, 3.8) is 0 Å². The van der Waals surface area contributed by atoms with E-state index in [0.29, 0.717) is 25.8 Å². The zero-order valence-electron chi connectivity index (χ0n) is 11.4. The van der Waals surface area contributed by atoms with Crippen molar-refractivity contribution in [2.24, 2.45) is 0 Å². The summed E-state index contributed by atoms with van der Waals surface area (Å²) < 4.78 is 9.73. The molecule has 1 heterocycles. The number of carbonyl (C=O) groups excluding carboxylic acids is 2. The molecule has 1 aliphatic heterocycles. The summed E-state index contributed by atoms with van der Waals surface area (Å²) in [7, 11) is 3.90. The summed E-state index contributed by atoms with van der Waals surface area (Å²) in [5.74, 6) is 5.71. The van der Waals surface area contributed by atoms with E-state index in [0.717, 1.165) is 6.54 Å². The first-order valence-electron chi connectivity index (χ1n) is 6.31. The lowest BCUT2D eigenvalue weighted by Crippen LogP contribution is -2.28. The van der Waals surface area contributed by atoms with Crippen LogP contribution in [0.2, 0.25) is 0 Å². The molecule has 0 spiro atoms. The molecule has 0 aromatic heterocycles. The van der Waals surface area contributed by atoms with E-state index in [9.17, 15) is 9.59 Å². The third-order valence-corrected chi connectivity index (χ3v) is 2.42. The van der Waals surface area contributed by atoms with Crippen LogP contribution < -0.4 is 5.32 Å². The molecule has 0 saturated carbocycles. The van der Waals surface area contributed by atoms with Gasteiger partial charge < -0.3 is 14.8 Å². The lowest BCUT2D eigenvalue weighted by Gasteiger charge is -2.09. The van der Waals surface area contributed by atoms with E-state index >= 15 is 0 Å². The quantitative estimate of drug-likeness (QED) is 0.443. The summed E-state index contributed by atoms with van der Waals surface area (Å²) in [6.07, 6.45) is 0.345. The van der Waals surface area contributed by atoms with Crippen LogP contribution in [0.3, 0.4) is 0 Å². The van der Waals surface area contributed by atoms with Crippen molar-refractivity contribution < 1.29 is 19.1 Å². The average Bonchev–Trinajstić information content (AvgIpc) is 2.73. The molecule has 0 aromatic carbocycles. The zero-order chi connectivity index (χ0) is 14.1. The van der Waals surface area contributed by atoms with Crippen LogP contribution in [0.25, 0.3) is 0 Å². The summed E-state index contributed by atoms with van der Waals surface area (Å²) in [5.41, 5.74) is 0. The van der Waals surface area contributed by atoms with Gasteiger partial charge in [0.05, 0.1) is 13.2 Å². The van der Waals surface area contributed by atoms with Gasteiger partial charge in [0.2, 0.25) is 0 Å². The fraction of sp³-hybridized carbons (Fsp3) is 0.692. The van der Waals surface area contributed by atoms with Crippen molar-refractivity contribution in [3.05, 3.63) is 0 Å². The minimum atomic E-state index is -0.789. The zero-order valence-corrected chi connectivity index (χ0v) is 11.4. The Morgan fingerprint density at radius 2 is 2.26 bits per heavy atom. The number of rotatable bonds is 5. The van der Waals surface area contributed by atoms with Crippen LogP contribution in [0.4, 0.5) is 4.79 Å². The molecule has 0 aliphatic carbocycles. The second kappa shape index (κ2) is 8.38. The molecule has 19 heavy (non-hydrogen) atoms. The smallest absolute Gasteiger partial charge is 0.434 e. The first-order chi connectivity index (χ1) is 9.09. The molecule has 106 valence electrons. The number of ether oxygens (including phenoxy) is 2. The molecule has 0 unspecified atom stereocenters. The number of carbonyl (C=O) groups is 2. The topological polar surface area (TPSA) is 67.9 Å². The maximum Gasteiger partial charge on any atom is 0.509 e. The molecular weight excluding hydrogens is 248 g/mol. The summed E-state index contributed by atoms with van der Waals surface area (Å²) in [6.45, 7) is 1.52. The van der Waals surface area contributed by atoms with Gasteiger partial charge in [-0.3, -0.25) is 9.69 Å². The first-order valence-corrected chi connectivity index (χ1v) is 6.31. The minimum absolute atomic E-state index is 0.254. The Labute approximate surface area is 113 Å². The lowest BCUT2D eigenvalue weighted by molar-refractivity contribution is -0.127. The summed E-state index contributed by atoms with van der Waals surface area (Å²) >= 11 is 0. The largest absolute Gasteiger partial charge is 0.509 e. The molecule has 0 aromatic rings. The van der Waals surface area contributed by atoms with Gasteiger partial charge in [0.15, 0.2) is 6.10 Å². The molecule has 0 radical (unpaired) electrons. The molecule has 1 N–H and O–H groups in total. The number of amides is 1. The van der Waals surface area contributed by atoms with Gasteiger partial charge in [-0.2, -0.15) is 0 Å². The van der Waals surface area contributed by atoms with Gasteiger partial charge in [-0.25, -0.2) is 4.79 Å². The van der Waals surface area contributed by atoms with Crippen molar-refractivity contribution in [2.45, 2.75) is 25.4 Å². The standard InChI is InChI=1S/C13H20N2O4/c1-15(2)9-5-3-4-6-10-18-13(17)19-11-7-8-14-12(11)16/h11H,4,6-10H2,1-2H3,(H,14,16)/t11-/m0/s1. The highest BCUT2D eigenvalue weighted by Crippen LogP contribution is 2.06. The van der Waals surface area contributed by atoms with Gasteiger partial charge in [0, 0.05) is 19.4 Å². The Hall–Kier alpha value is -1.74. The molecular formula is C13H20N2O4. The van der Waals surface area contributed by atoms with Gasteiger partial charge in [-0.1, -0.05) is 5.92 Å². The molecule has 6 nitrogen and oxygen atoms in total. The van der Waals surface area contributed by atoms with Gasteiger partial charge in [-0.05, 0) is 20.5 Å². The molecule has 1 rings (SSSR count). The van der Waals surface area contributed by atoms with Crippen LogP contribution in [0.15, 0.2) is 0 Å². The Kier molecular flexibility index (Phi) is 6.75. The lowest BCUT2D eigenvalue weighted by atomic mass is 10.3. The molecule has 1 saturated heterocycles. The van der Waals surface area contributed by atoms with Crippen LogP contribution in [0, 0.1) is 11.8 Å². The predicted octanol–water partition coefficient (Wildman–Crippen LogP) is 0.373. The maximum absolute atomic E-state index is 11.3. The molecule has 0 bridgehead atoms. The first kappa shape index (κ1) is 15.3. The van der Waals surface area contributed by atoms with Crippen LogP contribution in [0.1, 0.15) is 19.3 Å². The SMILES string of the molecule is CN(C)CC#CCCCOC(=O)O[C@H]1CCNC1=O. The van der Waals surface area contributed by atoms with E-state index in [1.54, 1.807) is 0 Å². The highest BCUT2D eigenvalue weighted by molar-refractivity contribution is 5.84. The minimum Gasteiger partial charge on any atom is -0.434 e. The van der Waals surface area contributed by atoms with Crippen molar-refractivity contribution in [1.29, 1.82) is 0 Å². The Morgan fingerprint density at radius 1 is 1.47 bits per heavy atom. The Morgan fingerprint density at radius 3 is 2.89 bits per heavy atom. The second-order valence-electron chi connectivity index (χ2n) is 4.48. The number of nitrogens with one attached hydrogen (secondary N) is 1. The summed E-state index contributed by atoms with van der Waals surface area (Å²) in [4.78, 5) is 24.4. The van der Waals surface area contributed by atoms with E-state index in [1.807, 2.05) is 19.0 Å². The van der Waals surface area contributed by atoms with Crippen LogP contribution in [-0.4, -0.2) is 56.9 Å². The van der Waals surface area contributed by atoms with Gasteiger partial charge >= 0.3 is 6.16 Å². The molecule has 1 aliphatic rings. The van der Waals surface area contributed by atoms with E-state index in [-0.39, 0.29) is 12.5 Å². The van der Waals surface area contributed by atoms with Crippen molar-refractivity contribution in [2.75, 3.05) is 33.8 Å². The van der Waals surface area contributed by atoms with Crippen molar-refractivity contribution in [3.8, 4) is 11.8 Å². The fourth-order valence-electron chi connectivity index (χ4n) is 1.45. The molecule has 1 fully saturated rings. The van der Waals surface area contributed by atoms with Crippen molar-refractivity contribution >= 4 is 12.1 Å². The number of hydrogen-bond acceptors (Lipinski definition) is 5. The van der Waals surface area contributed by atoms with E-state index in [2.05, 4.69) is 17.2 Å². The highest BCUT2D eigenvalue weighted by Gasteiger charge is 2.28. The normalized spacial score (nSPS) is 17.6. The monoisotopic (exact) mass is 268 g/mol. The third-order valence-electron chi connectivity index (χ3n) is 2.42. The number of nitrogens with zero attached hydrogens (tertiary/aromatic N) is 1. The summed E-state index contributed by atoms with van der Waals surface area (Å²) in [5, 5.41) is 2.58. The Bertz CT molecular complexity index is 371. The molecule has 1 amide bonds. The van der Waals surface area contributed by atoms with E-state index in [4.69, 9.17) is 9.47 Å². The fourth-order valence-corrected chi connectivity index (χ4v) is 1.45. The van der Waals surface area contributed by atoms with Crippen LogP contribution in [0.5, 0.6) is 0 Å². The predicted molar refractivity (Wildman–Crippen MR) is 69.4 cm³/mol. The van der Waals surface area contributed by atoms with E-state index in [1.165, 1.54) is 0 Å². The van der Waals surface area contributed by atoms with E-state index < -0.39 is 12.3 Å². The second-order valence-corrected chi connectivity index (χ2v) is 4.48. The van der Waals surface area contributed by atoms with Gasteiger partial charge in [0.1, 0.15) is 0 Å². The van der Waals surface area contributed by atoms with Gasteiger partial charge in [-0.15, -0.1) is 5.92 Å². The Balaban J connectivity index is 2.04. The maximum atomic E-state index is 11.3. The third kappa shape index (κ3) is 6.67.